The molecule has 5 amide bonds. The van der Waals surface area contributed by atoms with Gasteiger partial charge in [-0.2, -0.15) is 13.2 Å². The van der Waals surface area contributed by atoms with E-state index in [2.05, 4.69) is 5.32 Å². The van der Waals surface area contributed by atoms with Crippen molar-refractivity contribution in [3.63, 3.8) is 0 Å². The molecule has 0 bridgehead atoms. The molecular weight excluding hydrogens is 776 g/mol. The Morgan fingerprint density at radius 2 is 1.58 bits per heavy atom. The van der Waals surface area contributed by atoms with Gasteiger partial charge in [0.05, 0.1) is 42.4 Å². The molecule has 19 heteroatoms. The monoisotopic (exact) mass is 835 g/mol. The molecule has 0 unspecified atom stereocenters. The fourth-order valence-electron chi connectivity index (χ4n) is 6.86. The van der Waals surface area contributed by atoms with Gasteiger partial charge in [0, 0.05) is 33.5 Å². The molecule has 324 valence electrons. The quantitative estimate of drug-likeness (QED) is 0.189. The van der Waals surface area contributed by atoms with Crippen LogP contribution in [-0.2, 0) is 49.2 Å². The van der Waals surface area contributed by atoms with Crippen molar-refractivity contribution in [1.82, 2.24) is 19.8 Å². The van der Waals surface area contributed by atoms with Gasteiger partial charge in [0.25, 0.3) is 0 Å². The van der Waals surface area contributed by atoms with Crippen LogP contribution in [0.1, 0.15) is 86.6 Å². The van der Waals surface area contributed by atoms with E-state index in [0.717, 1.165) is 12.1 Å². The third-order valence-corrected chi connectivity index (χ3v) is 11.2. The van der Waals surface area contributed by atoms with Gasteiger partial charge >= 0.3 is 18.2 Å². The van der Waals surface area contributed by atoms with Crippen LogP contribution >= 0.6 is 0 Å². The number of nitrogens with one attached hydrogen (secondary N) is 3. The number of alkyl halides is 3. The van der Waals surface area contributed by atoms with E-state index in [0.29, 0.717) is 25.8 Å². The van der Waals surface area contributed by atoms with Crippen LogP contribution in [0.25, 0.3) is 0 Å². The first kappa shape index (κ1) is 49.2. The molecule has 3 N–H and O–H groups in total. The summed E-state index contributed by atoms with van der Waals surface area (Å²) in [7, 11) is 0.131. The maximum absolute atomic E-state index is 14.1. The highest BCUT2D eigenvalue weighted by Crippen LogP contribution is 2.30. The lowest BCUT2D eigenvalue weighted by Gasteiger charge is -2.40. The van der Waals surface area contributed by atoms with E-state index >= 15 is 0 Å². The molecule has 0 aliphatic carbocycles. The normalized spacial score (nSPS) is 18.2. The van der Waals surface area contributed by atoms with Crippen LogP contribution in [-0.4, -0.2) is 118 Å². The van der Waals surface area contributed by atoms with Crippen molar-refractivity contribution >= 4 is 45.4 Å². The lowest BCUT2D eigenvalue weighted by Crippen LogP contribution is -2.58. The standard InChI is InChI=1S/C38H60F3N5O10S/c1-12-23(4)31(45(9)34(49)30(22(2)3)43-36(51)56-37(6,7)8)28(54-10)20-29(47)46-19-13-14-27(46)32(55-11)24(5)33(48)44-57(52,53)21-25-15-17-26(18-16-25)42-35(50)38(39,40)41/h15-18,22-24,27-28,30-32H,12-14,19-21H2,1-11H3,(H,42,50)(H,43,51)(H,44,48)/t23-,24+,27-,28+,30-,31-,32+/m0/s1. The molecule has 1 aromatic rings. The molecule has 1 aliphatic rings. The van der Waals surface area contributed by atoms with Gasteiger partial charge in [0.2, 0.25) is 27.7 Å². The summed E-state index contributed by atoms with van der Waals surface area (Å²) in [5, 5.41) is 4.36. The van der Waals surface area contributed by atoms with Gasteiger partial charge in [-0.05, 0) is 63.1 Å². The van der Waals surface area contributed by atoms with Gasteiger partial charge in [-0.3, -0.25) is 23.9 Å². The summed E-state index contributed by atoms with van der Waals surface area (Å²) < 4.78 is 82.7. The smallest absolute Gasteiger partial charge is 0.444 e. The largest absolute Gasteiger partial charge is 0.471 e. The van der Waals surface area contributed by atoms with Gasteiger partial charge in [0.1, 0.15) is 11.6 Å². The number of sulfonamides is 1. The number of ether oxygens (including phenoxy) is 3. The molecule has 1 fully saturated rings. The summed E-state index contributed by atoms with van der Waals surface area (Å²) in [6, 6.07) is 2.51. The SMILES string of the molecule is CC[C@H](C)[C@@H]([C@@H](CC(=O)N1CCC[C@H]1[C@H](OC)[C@@H](C)C(=O)NS(=O)(=O)Cc1ccc(NC(=O)C(F)(F)F)cc1)OC)N(C)C(=O)[C@@H](NC(=O)OC(C)(C)C)C(C)C. The first-order chi connectivity index (χ1) is 26.3. The molecule has 1 aromatic carbocycles. The van der Waals surface area contributed by atoms with E-state index in [9.17, 15) is 45.6 Å². The van der Waals surface area contributed by atoms with E-state index < -0.39 is 81.7 Å². The second kappa shape index (κ2) is 20.6. The zero-order valence-corrected chi connectivity index (χ0v) is 35.5. The number of carbonyl (C=O) groups excluding carboxylic acids is 5. The predicted molar refractivity (Wildman–Crippen MR) is 206 cm³/mol. The van der Waals surface area contributed by atoms with Gasteiger partial charge in [-0.25, -0.2) is 13.2 Å². The van der Waals surface area contributed by atoms with Crippen molar-refractivity contribution in [3.8, 4) is 0 Å². The number of carbonyl (C=O) groups is 5. The summed E-state index contributed by atoms with van der Waals surface area (Å²) in [4.78, 5) is 68.3. The summed E-state index contributed by atoms with van der Waals surface area (Å²) >= 11 is 0. The maximum Gasteiger partial charge on any atom is 0.471 e. The van der Waals surface area contributed by atoms with Crippen molar-refractivity contribution in [3.05, 3.63) is 29.8 Å². The molecule has 0 radical (unpaired) electrons. The van der Waals surface area contributed by atoms with Crippen molar-refractivity contribution in [2.45, 2.75) is 129 Å². The molecular formula is C38H60F3N5O10S. The Hall–Kier alpha value is -3.97. The Morgan fingerprint density at radius 1 is 0.982 bits per heavy atom. The van der Waals surface area contributed by atoms with Crippen LogP contribution < -0.4 is 15.4 Å². The third kappa shape index (κ3) is 14.4. The van der Waals surface area contributed by atoms with E-state index in [4.69, 9.17) is 14.2 Å². The fraction of sp³-hybridized carbons (Fsp3) is 0.711. The molecule has 1 saturated heterocycles. The van der Waals surface area contributed by atoms with E-state index in [-0.39, 0.29) is 41.3 Å². The highest BCUT2D eigenvalue weighted by molar-refractivity contribution is 7.89. The van der Waals surface area contributed by atoms with Gasteiger partial charge in [-0.1, -0.05) is 53.2 Å². The van der Waals surface area contributed by atoms with Crippen LogP contribution in [0.15, 0.2) is 24.3 Å². The molecule has 1 heterocycles. The molecule has 2 rings (SSSR count). The summed E-state index contributed by atoms with van der Waals surface area (Å²) in [5.41, 5.74) is -0.838. The highest BCUT2D eigenvalue weighted by Gasteiger charge is 2.43. The van der Waals surface area contributed by atoms with E-state index in [1.165, 1.54) is 38.2 Å². The van der Waals surface area contributed by atoms with Crippen LogP contribution in [0.2, 0.25) is 0 Å². The molecule has 57 heavy (non-hydrogen) atoms. The number of hydrogen-bond donors (Lipinski definition) is 3. The number of rotatable bonds is 18. The lowest BCUT2D eigenvalue weighted by atomic mass is 9.89. The van der Waals surface area contributed by atoms with Gasteiger partial charge in [0.15, 0.2) is 0 Å². The molecule has 0 saturated carbocycles. The first-order valence-corrected chi connectivity index (χ1v) is 20.5. The van der Waals surface area contributed by atoms with E-state index in [1.54, 1.807) is 51.9 Å². The number of likely N-dealkylation sites (tertiary alicyclic amines) is 1. The number of alkyl carbamates (subject to hydrolysis) is 1. The minimum atomic E-state index is -5.10. The number of hydrogen-bond acceptors (Lipinski definition) is 10. The van der Waals surface area contributed by atoms with Crippen molar-refractivity contribution in [2.75, 3.05) is 33.1 Å². The Labute approximate surface area is 334 Å². The molecule has 7 atom stereocenters. The Morgan fingerprint density at radius 3 is 2.07 bits per heavy atom. The van der Waals surface area contributed by atoms with Crippen molar-refractivity contribution in [2.24, 2.45) is 17.8 Å². The average molecular weight is 836 g/mol. The minimum Gasteiger partial charge on any atom is -0.444 e. The second-order valence-electron chi connectivity index (χ2n) is 15.8. The first-order valence-electron chi connectivity index (χ1n) is 18.9. The number of methoxy groups -OCH3 is 2. The average Bonchev–Trinajstić information content (AvgIpc) is 3.58. The second-order valence-corrected chi connectivity index (χ2v) is 17.6. The zero-order chi connectivity index (χ0) is 43.6. The summed E-state index contributed by atoms with van der Waals surface area (Å²) in [6.07, 6.45) is -5.96. The topological polar surface area (TPSA) is 190 Å². The van der Waals surface area contributed by atoms with Gasteiger partial charge < -0.3 is 34.6 Å². The van der Waals surface area contributed by atoms with Crippen molar-refractivity contribution in [1.29, 1.82) is 0 Å². The number of anilines is 1. The highest BCUT2D eigenvalue weighted by atomic mass is 32.2. The maximum atomic E-state index is 14.1. The third-order valence-electron chi connectivity index (χ3n) is 9.95. The van der Waals surface area contributed by atoms with Crippen LogP contribution in [0.3, 0.4) is 0 Å². The van der Waals surface area contributed by atoms with Crippen molar-refractivity contribution < 1.29 is 59.8 Å². The van der Waals surface area contributed by atoms with Crippen LogP contribution in [0, 0.1) is 17.8 Å². The Kier molecular flexibility index (Phi) is 17.8. The van der Waals surface area contributed by atoms with Gasteiger partial charge in [-0.15, -0.1) is 0 Å². The van der Waals surface area contributed by atoms with Crippen LogP contribution in [0.4, 0.5) is 23.7 Å². The predicted octanol–water partition coefficient (Wildman–Crippen LogP) is 4.60. The zero-order valence-electron chi connectivity index (χ0n) is 34.7. The summed E-state index contributed by atoms with van der Waals surface area (Å²) in [6.45, 7) is 14.5. The number of halogens is 3. The van der Waals surface area contributed by atoms with Crippen LogP contribution in [0.5, 0.6) is 0 Å². The minimum absolute atomic E-state index is 0.129. The molecule has 1 aliphatic heterocycles. The molecule has 0 aromatic heterocycles. The number of nitrogens with zero attached hydrogens (tertiary/aromatic N) is 2. The summed E-state index contributed by atoms with van der Waals surface area (Å²) in [5.74, 6) is -5.94. The number of benzene rings is 1. The van der Waals surface area contributed by atoms with E-state index in [1.807, 2.05) is 18.6 Å². The Balaban J connectivity index is 2.21. The fourth-order valence-corrected chi connectivity index (χ4v) is 8.06. The number of amides is 5. The molecule has 0 spiro atoms. The number of likely N-dealkylation sites (N-methyl/N-ethyl adjacent to an activating group) is 1. The molecule has 15 nitrogen and oxygen atoms in total. The Bertz CT molecular complexity index is 1650. The lowest BCUT2D eigenvalue weighted by molar-refractivity contribution is -0.167.